The highest BCUT2D eigenvalue weighted by Crippen LogP contribution is 2.57. The molecular formula is C12H21NO. The van der Waals surface area contributed by atoms with Gasteiger partial charge in [-0.3, -0.25) is 0 Å². The highest BCUT2D eigenvalue weighted by molar-refractivity contribution is 5.09. The summed E-state index contributed by atoms with van der Waals surface area (Å²) >= 11 is 0. The van der Waals surface area contributed by atoms with E-state index in [9.17, 15) is 5.11 Å². The fraction of sp³-hybridized carbons (Fsp3) is 0.917. The summed E-state index contributed by atoms with van der Waals surface area (Å²) in [6.07, 6.45) is 2.17. The van der Waals surface area contributed by atoms with Crippen LogP contribution in [-0.4, -0.2) is 10.7 Å². The Balaban J connectivity index is 2.69. The average Bonchev–Trinajstić information content (AvgIpc) is 2.00. The van der Waals surface area contributed by atoms with Crippen molar-refractivity contribution in [3.8, 4) is 6.07 Å². The standard InChI is InChI=1S/C12H21NO/c1-9(2)11(5-6-13)7-12(14,8-11)10(3)4/h9-10,14H,5,7-8H2,1-4H3/t11-,12+. The molecule has 0 radical (unpaired) electrons. The minimum absolute atomic E-state index is 0.0772. The van der Waals surface area contributed by atoms with Gasteiger partial charge in [-0.25, -0.2) is 0 Å². The third kappa shape index (κ3) is 1.66. The SMILES string of the molecule is CC(C)[C@]1(O)C[C@@](CC#N)(C(C)C)C1. The second-order valence-corrected chi connectivity index (χ2v) is 5.46. The Bertz CT molecular complexity index is 244. The average molecular weight is 195 g/mol. The fourth-order valence-electron chi connectivity index (χ4n) is 2.47. The number of rotatable bonds is 3. The molecule has 0 bridgehead atoms. The van der Waals surface area contributed by atoms with E-state index in [0.29, 0.717) is 18.3 Å². The Labute approximate surface area is 86.9 Å². The summed E-state index contributed by atoms with van der Waals surface area (Å²) in [5, 5.41) is 19.0. The fourth-order valence-corrected chi connectivity index (χ4v) is 2.47. The van der Waals surface area contributed by atoms with Crippen LogP contribution in [0.2, 0.25) is 0 Å². The van der Waals surface area contributed by atoms with E-state index in [1.54, 1.807) is 0 Å². The zero-order valence-electron chi connectivity index (χ0n) is 9.67. The van der Waals surface area contributed by atoms with Crippen LogP contribution in [0.4, 0.5) is 0 Å². The molecule has 14 heavy (non-hydrogen) atoms. The van der Waals surface area contributed by atoms with Gasteiger partial charge < -0.3 is 5.11 Å². The van der Waals surface area contributed by atoms with Crippen LogP contribution in [0.1, 0.15) is 47.0 Å². The molecule has 0 atom stereocenters. The van der Waals surface area contributed by atoms with Crippen LogP contribution >= 0.6 is 0 Å². The molecule has 0 saturated heterocycles. The maximum atomic E-state index is 10.2. The molecule has 1 rings (SSSR count). The van der Waals surface area contributed by atoms with Gasteiger partial charge in [0, 0.05) is 6.42 Å². The van der Waals surface area contributed by atoms with Crippen LogP contribution in [0, 0.1) is 28.6 Å². The molecule has 1 N–H and O–H groups in total. The molecular weight excluding hydrogens is 174 g/mol. The number of hydrogen-bond acceptors (Lipinski definition) is 2. The lowest BCUT2D eigenvalue weighted by atomic mass is 9.50. The van der Waals surface area contributed by atoms with Crippen molar-refractivity contribution in [1.29, 1.82) is 5.26 Å². The number of aliphatic hydroxyl groups is 1. The molecule has 1 saturated carbocycles. The van der Waals surface area contributed by atoms with Crippen molar-refractivity contribution >= 4 is 0 Å². The van der Waals surface area contributed by atoms with Crippen LogP contribution in [0.3, 0.4) is 0 Å². The van der Waals surface area contributed by atoms with E-state index in [-0.39, 0.29) is 5.41 Å². The molecule has 1 fully saturated rings. The highest BCUT2D eigenvalue weighted by Gasteiger charge is 2.56. The molecule has 0 amide bonds. The first-order chi connectivity index (χ1) is 6.36. The number of nitrogens with zero attached hydrogens (tertiary/aromatic N) is 1. The van der Waals surface area contributed by atoms with Crippen LogP contribution in [0.5, 0.6) is 0 Å². The highest BCUT2D eigenvalue weighted by atomic mass is 16.3. The van der Waals surface area contributed by atoms with E-state index >= 15 is 0 Å². The molecule has 80 valence electrons. The lowest BCUT2D eigenvalue weighted by Crippen LogP contribution is -2.57. The van der Waals surface area contributed by atoms with Gasteiger partial charge in [-0.15, -0.1) is 0 Å². The lowest BCUT2D eigenvalue weighted by molar-refractivity contribution is -0.172. The van der Waals surface area contributed by atoms with Gasteiger partial charge in [0.25, 0.3) is 0 Å². The maximum Gasteiger partial charge on any atom is 0.0682 e. The second-order valence-electron chi connectivity index (χ2n) is 5.46. The Morgan fingerprint density at radius 1 is 1.21 bits per heavy atom. The van der Waals surface area contributed by atoms with Gasteiger partial charge in [-0.2, -0.15) is 5.26 Å². The van der Waals surface area contributed by atoms with Crippen molar-refractivity contribution in [3.05, 3.63) is 0 Å². The summed E-state index contributed by atoms with van der Waals surface area (Å²) in [6, 6.07) is 2.26. The van der Waals surface area contributed by atoms with Gasteiger partial charge in [-0.1, -0.05) is 27.7 Å². The van der Waals surface area contributed by atoms with Crippen LogP contribution in [0.15, 0.2) is 0 Å². The van der Waals surface area contributed by atoms with Gasteiger partial charge in [0.15, 0.2) is 0 Å². The van der Waals surface area contributed by atoms with Gasteiger partial charge >= 0.3 is 0 Å². The zero-order valence-corrected chi connectivity index (χ0v) is 9.67. The third-order valence-corrected chi connectivity index (χ3v) is 4.05. The number of nitriles is 1. The molecule has 2 nitrogen and oxygen atoms in total. The van der Waals surface area contributed by atoms with Crippen LogP contribution < -0.4 is 0 Å². The normalized spacial score (nSPS) is 37.0. The van der Waals surface area contributed by atoms with Gasteiger partial charge in [-0.05, 0) is 30.1 Å². The lowest BCUT2D eigenvalue weighted by Gasteiger charge is -2.57. The van der Waals surface area contributed by atoms with Crippen molar-refractivity contribution in [2.24, 2.45) is 17.3 Å². The first-order valence-electron chi connectivity index (χ1n) is 5.46. The monoisotopic (exact) mass is 195 g/mol. The molecule has 1 aliphatic rings. The van der Waals surface area contributed by atoms with Gasteiger partial charge in [0.05, 0.1) is 11.7 Å². The van der Waals surface area contributed by atoms with E-state index in [2.05, 4.69) is 33.8 Å². The van der Waals surface area contributed by atoms with Gasteiger partial charge in [0.1, 0.15) is 0 Å². The molecule has 2 heteroatoms. The van der Waals surface area contributed by atoms with E-state index < -0.39 is 5.60 Å². The van der Waals surface area contributed by atoms with E-state index in [0.717, 1.165) is 12.8 Å². The molecule has 0 aromatic carbocycles. The maximum absolute atomic E-state index is 10.2. The largest absolute Gasteiger partial charge is 0.390 e. The van der Waals surface area contributed by atoms with Crippen molar-refractivity contribution in [2.45, 2.75) is 52.6 Å². The molecule has 0 aromatic heterocycles. The summed E-state index contributed by atoms with van der Waals surface area (Å²) in [4.78, 5) is 0. The first-order valence-corrected chi connectivity index (χ1v) is 5.46. The van der Waals surface area contributed by atoms with Crippen LogP contribution in [-0.2, 0) is 0 Å². The summed E-state index contributed by atoms with van der Waals surface area (Å²) in [6.45, 7) is 8.40. The van der Waals surface area contributed by atoms with E-state index in [1.165, 1.54) is 0 Å². The minimum Gasteiger partial charge on any atom is -0.390 e. The molecule has 0 aromatic rings. The molecule has 1 aliphatic carbocycles. The summed E-state index contributed by atoms with van der Waals surface area (Å²) in [5.41, 5.74) is -0.436. The predicted molar refractivity (Wildman–Crippen MR) is 56.5 cm³/mol. The Morgan fingerprint density at radius 3 is 2.00 bits per heavy atom. The smallest absolute Gasteiger partial charge is 0.0682 e. The summed E-state index contributed by atoms with van der Waals surface area (Å²) < 4.78 is 0. The second kappa shape index (κ2) is 3.55. The number of hydrogen-bond donors (Lipinski definition) is 1. The quantitative estimate of drug-likeness (QED) is 0.752. The van der Waals surface area contributed by atoms with Crippen molar-refractivity contribution < 1.29 is 5.11 Å². The van der Waals surface area contributed by atoms with Crippen molar-refractivity contribution in [1.82, 2.24) is 0 Å². The van der Waals surface area contributed by atoms with Gasteiger partial charge in [0.2, 0.25) is 0 Å². The minimum atomic E-state index is -0.513. The Hall–Kier alpha value is -0.550. The topological polar surface area (TPSA) is 44.0 Å². The zero-order chi connectivity index (χ0) is 11.0. The predicted octanol–water partition coefficient (Wildman–Crippen LogP) is 2.72. The molecule has 0 heterocycles. The molecule has 0 unspecified atom stereocenters. The molecule has 0 aliphatic heterocycles. The summed E-state index contributed by atoms with van der Waals surface area (Å²) in [5.74, 6) is 0.786. The Morgan fingerprint density at radius 2 is 1.71 bits per heavy atom. The van der Waals surface area contributed by atoms with E-state index in [1.807, 2.05) is 0 Å². The third-order valence-electron chi connectivity index (χ3n) is 4.05. The Kier molecular flexibility index (Phi) is 2.92. The van der Waals surface area contributed by atoms with Crippen molar-refractivity contribution in [3.63, 3.8) is 0 Å². The van der Waals surface area contributed by atoms with Crippen LogP contribution in [0.25, 0.3) is 0 Å². The molecule has 0 spiro atoms. The van der Waals surface area contributed by atoms with E-state index in [4.69, 9.17) is 5.26 Å². The summed E-state index contributed by atoms with van der Waals surface area (Å²) in [7, 11) is 0. The van der Waals surface area contributed by atoms with Crippen molar-refractivity contribution in [2.75, 3.05) is 0 Å². The first kappa shape index (κ1) is 11.5.